The fourth-order valence-electron chi connectivity index (χ4n) is 10.8. The summed E-state index contributed by atoms with van der Waals surface area (Å²) in [5.41, 5.74) is 0. The Morgan fingerprint density at radius 1 is 0.279 bits per heavy atom. The normalized spacial score (nSPS) is 14.5. The third kappa shape index (κ3) is 75.7. The van der Waals surface area contributed by atoms with Gasteiger partial charge in [0.2, 0.25) is 0 Å². The molecule has 0 spiro atoms. The molecule has 0 aromatic rings. The molecule has 0 aromatic carbocycles. The molecule has 104 heavy (non-hydrogen) atoms. The second-order valence-corrected chi connectivity index (χ2v) is 29.9. The predicted molar refractivity (Wildman–Crippen MR) is 427 cm³/mol. The van der Waals surface area contributed by atoms with Crippen molar-refractivity contribution in [2.24, 2.45) is 0 Å². The van der Waals surface area contributed by atoms with Crippen LogP contribution in [-0.2, 0) is 65.4 Å². The van der Waals surface area contributed by atoms with Crippen LogP contribution in [0.5, 0.6) is 0 Å². The van der Waals surface area contributed by atoms with Crippen molar-refractivity contribution in [1.29, 1.82) is 0 Å². The average molecular weight is 1500 g/mol. The molecule has 5 unspecified atom stereocenters. The van der Waals surface area contributed by atoms with Crippen molar-refractivity contribution in [1.82, 2.24) is 0 Å². The Kier molecular flexibility index (Phi) is 73.3. The van der Waals surface area contributed by atoms with E-state index < -0.39 is 97.5 Å². The van der Waals surface area contributed by atoms with Crippen LogP contribution in [0.2, 0.25) is 0 Å². The first-order valence-corrected chi connectivity index (χ1v) is 43.8. The number of hydrogen-bond acceptors (Lipinski definition) is 15. The maximum Gasteiger partial charge on any atom is 0.472 e. The summed E-state index contributed by atoms with van der Waals surface area (Å²) in [7, 11) is -9.97. The van der Waals surface area contributed by atoms with E-state index in [9.17, 15) is 43.2 Å². The van der Waals surface area contributed by atoms with E-state index in [0.717, 1.165) is 193 Å². The van der Waals surface area contributed by atoms with Crippen LogP contribution in [0.4, 0.5) is 0 Å². The molecule has 0 rings (SSSR count). The number of ether oxygens (including phenoxy) is 4. The summed E-state index contributed by atoms with van der Waals surface area (Å²) < 4.78 is 68.6. The van der Waals surface area contributed by atoms with Gasteiger partial charge in [0.1, 0.15) is 19.3 Å². The number of phosphoric acid groups is 2. The number of aliphatic hydroxyl groups excluding tert-OH is 1. The lowest BCUT2D eigenvalue weighted by atomic mass is 10.0. The average Bonchev–Trinajstić information content (AvgIpc) is 0.911. The Labute approximate surface area is 632 Å². The zero-order valence-electron chi connectivity index (χ0n) is 65.4. The van der Waals surface area contributed by atoms with E-state index in [1.807, 2.05) is 0 Å². The Hall–Kier alpha value is -4.54. The molecule has 0 radical (unpaired) electrons. The summed E-state index contributed by atoms with van der Waals surface area (Å²) in [6.45, 7) is 4.56. The van der Waals surface area contributed by atoms with Crippen LogP contribution in [0.15, 0.2) is 122 Å². The third-order valence-electron chi connectivity index (χ3n) is 16.9. The van der Waals surface area contributed by atoms with Gasteiger partial charge in [-0.2, -0.15) is 0 Å². The molecular weight excluding hydrogens is 1350 g/mol. The molecule has 0 aromatic heterocycles. The van der Waals surface area contributed by atoms with Gasteiger partial charge in [-0.15, -0.1) is 0 Å². The molecule has 0 amide bonds. The minimum absolute atomic E-state index is 0.0714. The van der Waals surface area contributed by atoms with Gasteiger partial charge in [0.15, 0.2) is 12.2 Å². The van der Waals surface area contributed by atoms with Gasteiger partial charge in [-0.1, -0.05) is 303 Å². The predicted octanol–water partition coefficient (Wildman–Crippen LogP) is 23.9. The zero-order valence-corrected chi connectivity index (χ0v) is 67.2. The largest absolute Gasteiger partial charge is 0.472 e. The van der Waals surface area contributed by atoms with Crippen molar-refractivity contribution < 1.29 is 80.2 Å². The molecule has 598 valence electrons. The highest BCUT2D eigenvalue weighted by molar-refractivity contribution is 7.47. The first-order chi connectivity index (χ1) is 50.7. The molecule has 17 nitrogen and oxygen atoms in total. The smallest absolute Gasteiger partial charge is 0.462 e. The van der Waals surface area contributed by atoms with Crippen molar-refractivity contribution in [3.63, 3.8) is 0 Å². The van der Waals surface area contributed by atoms with Crippen molar-refractivity contribution in [3.8, 4) is 0 Å². The maximum absolute atomic E-state index is 13.1. The summed E-state index contributed by atoms with van der Waals surface area (Å²) in [5.74, 6) is -2.22. The lowest BCUT2D eigenvalue weighted by molar-refractivity contribution is -0.161. The van der Waals surface area contributed by atoms with Crippen molar-refractivity contribution in [2.75, 3.05) is 39.6 Å². The summed E-state index contributed by atoms with van der Waals surface area (Å²) in [6.07, 6.45) is 84.5. The van der Waals surface area contributed by atoms with Gasteiger partial charge in [0, 0.05) is 25.7 Å². The summed E-state index contributed by atoms with van der Waals surface area (Å²) >= 11 is 0. The fraction of sp³-hybridized carbons (Fsp3) is 0.718. The molecule has 0 aliphatic carbocycles. The van der Waals surface area contributed by atoms with Crippen LogP contribution in [-0.4, -0.2) is 96.7 Å². The lowest BCUT2D eigenvalue weighted by Crippen LogP contribution is -2.30. The number of phosphoric ester groups is 2. The molecule has 0 bridgehead atoms. The number of unbranched alkanes of at least 4 members (excludes halogenated alkanes) is 30. The van der Waals surface area contributed by atoms with Gasteiger partial charge < -0.3 is 33.8 Å². The summed E-state index contributed by atoms with van der Waals surface area (Å²) in [4.78, 5) is 73.1. The van der Waals surface area contributed by atoms with Gasteiger partial charge in [-0.05, 0) is 128 Å². The molecular formula is C85H146O17P2. The molecule has 0 aliphatic rings. The number of hydrogen-bond donors (Lipinski definition) is 3. The zero-order chi connectivity index (χ0) is 76.0. The van der Waals surface area contributed by atoms with E-state index in [1.165, 1.54) is 64.2 Å². The van der Waals surface area contributed by atoms with Crippen LogP contribution in [0.1, 0.15) is 336 Å². The third-order valence-corrected chi connectivity index (χ3v) is 18.8. The van der Waals surface area contributed by atoms with Crippen LogP contribution >= 0.6 is 15.6 Å². The van der Waals surface area contributed by atoms with E-state index in [4.69, 9.17) is 37.0 Å². The molecule has 0 aliphatic heterocycles. The Morgan fingerprint density at radius 2 is 0.519 bits per heavy atom. The molecule has 5 atom stereocenters. The van der Waals surface area contributed by atoms with E-state index in [-0.39, 0.29) is 25.7 Å². The molecule has 19 heteroatoms. The highest BCUT2D eigenvalue weighted by atomic mass is 31.2. The number of rotatable bonds is 76. The van der Waals surface area contributed by atoms with Crippen molar-refractivity contribution in [3.05, 3.63) is 122 Å². The first-order valence-electron chi connectivity index (χ1n) is 40.8. The van der Waals surface area contributed by atoms with Crippen LogP contribution < -0.4 is 0 Å². The van der Waals surface area contributed by atoms with Crippen molar-refractivity contribution in [2.45, 2.75) is 354 Å². The Balaban J connectivity index is 5.37. The van der Waals surface area contributed by atoms with Crippen LogP contribution in [0.25, 0.3) is 0 Å². The Morgan fingerprint density at radius 3 is 0.808 bits per heavy atom. The van der Waals surface area contributed by atoms with Crippen LogP contribution in [0, 0.1) is 0 Å². The quantitative estimate of drug-likeness (QED) is 0.0169. The van der Waals surface area contributed by atoms with Gasteiger partial charge in [-0.3, -0.25) is 37.3 Å². The molecule has 0 fully saturated rings. The monoisotopic (exact) mass is 1500 g/mol. The summed E-state index contributed by atoms with van der Waals surface area (Å²) in [6, 6.07) is 0. The molecule has 0 heterocycles. The van der Waals surface area contributed by atoms with E-state index in [2.05, 4.69) is 149 Å². The van der Waals surface area contributed by atoms with E-state index in [0.29, 0.717) is 25.7 Å². The second kappa shape index (κ2) is 76.6. The number of esters is 4. The highest BCUT2D eigenvalue weighted by Crippen LogP contribution is 2.45. The van der Waals surface area contributed by atoms with Crippen LogP contribution in [0.3, 0.4) is 0 Å². The van der Waals surface area contributed by atoms with Gasteiger partial charge in [0.25, 0.3) is 0 Å². The van der Waals surface area contributed by atoms with E-state index in [1.54, 1.807) is 0 Å². The minimum atomic E-state index is -4.99. The second-order valence-electron chi connectivity index (χ2n) is 27.0. The first kappa shape index (κ1) is 99.5. The number of aliphatic hydroxyl groups is 1. The van der Waals surface area contributed by atoms with Gasteiger partial charge in [0.05, 0.1) is 26.4 Å². The Bertz CT molecular complexity index is 2440. The fourth-order valence-corrected chi connectivity index (χ4v) is 12.3. The standard InChI is InChI=1S/C85H146O17P2/c1-5-9-13-17-21-25-29-33-36-38-39-41-44-47-50-54-58-62-66-70-83(88)96-76-81(102-85(90)72-68-64-60-56-52-48-42-35-31-27-23-19-15-11-7-3)78-100-104(93,94)98-74-79(86)73-97-103(91,92)99-77-80(101-84(89)71-67-63-59-55-51-45-32-28-24-20-16-12-8-4)75-95-82(87)69-65-61-57-53-49-46-43-40-37-34-30-26-22-18-14-10-6-2/h9-10,13-14,16,20-22,25-26,28,32-34,36-37,39,41,43,46,79-81,86H,5-8,11-12,15,17-19,23-24,27,29-31,35,38,40,42,44-45,47-78H2,1-4H3,(H,91,92)(H,93,94)/b13-9-,14-10-,20-16-,25-21-,26-22-,32-28-,36-33-,37-34-,41-39-,46-43-. The highest BCUT2D eigenvalue weighted by Gasteiger charge is 2.30. The number of allylic oxidation sites excluding steroid dienone is 20. The maximum atomic E-state index is 13.1. The SMILES string of the molecule is CC/C=C\C/C=C\C/C=C\C/C=C\CCCCCCCCC(=O)OCC(COP(=O)(O)OCC(O)COP(=O)(O)OCC(COC(=O)CCCCCC/C=C\C/C=C\C/C=C\C/C=C\CC)OC(=O)CCCCCCC/C=C\C/C=C\CCC)OC(=O)CCCCCCCCCCCCCCCCC. The molecule has 3 N–H and O–H groups in total. The molecule has 0 saturated heterocycles. The topological polar surface area (TPSA) is 237 Å². The van der Waals surface area contributed by atoms with Gasteiger partial charge >= 0.3 is 39.5 Å². The van der Waals surface area contributed by atoms with Crippen molar-refractivity contribution >= 4 is 39.5 Å². The van der Waals surface area contributed by atoms with E-state index >= 15 is 0 Å². The van der Waals surface area contributed by atoms with Gasteiger partial charge in [-0.25, -0.2) is 9.13 Å². The molecule has 0 saturated carbocycles. The number of carbonyl (C=O) groups is 4. The number of carbonyl (C=O) groups excluding carboxylic acids is 4. The lowest BCUT2D eigenvalue weighted by Gasteiger charge is -2.21. The minimum Gasteiger partial charge on any atom is -0.462 e. The summed E-state index contributed by atoms with van der Waals surface area (Å²) in [5, 5.41) is 10.6.